The molecule has 1 aliphatic rings. The van der Waals surface area contributed by atoms with Crippen LogP contribution in [-0.4, -0.2) is 16.8 Å². The summed E-state index contributed by atoms with van der Waals surface area (Å²) in [7, 11) is 0. The third-order valence-electron chi connectivity index (χ3n) is 3.89. The molecule has 2 aromatic rings. The molecule has 0 spiro atoms. The number of carbonyl (C=O) groups is 2. The maximum absolute atomic E-state index is 12.4. The fraction of sp³-hybridized carbons (Fsp3) is 0.312. The number of fused-ring (bicyclic) bond motifs is 1. The average Bonchev–Trinajstić information content (AvgIpc) is 3.02. The molecule has 1 aromatic heterocycles. The van der Waals surface area contributed by atoms with Gasteiger partial charge in [0.05, 0.1) is 5.69 Å². The van der Waals surface area contributed by atoms with Crippen LogP contribution in [0.2, 0.25) is 0 Å². The second-order valence-electron chi connectivity index (χ2n) is 5.14. The molecular formula is C16H16N2O3. The van der Waals surface area contributed by atoms with Gasteiger partial charge in [-0.15, -0.1) is 0 Å². The molecular weight excluding hydrogens is 268 g/mol. The van der Waals surface area contributed by atoms with Crippen LogP contribution >= 0.6 is 0 Å². The Labute approximate surface area is 122 Å². The maximum atomic E-state index is 12.4. The van der Waals surface area contributed by atoms with E-state index in [4.69, 9.17) is 4.52 Å². The standard InChI is InChI=1S/C16H16N2O3/c1-3-10-9(2)18-21-16(10)17-15(20)13-6-4-5-12-11(13)7-8-14(12)19/h4-6H,3,7-8H2,1-2H3,(H,17,20). The van der Waals surface area contributed by atoms with Crippen LogP contribution in [0.4, 0.5) is 5.88 Å². The lowest BCUT2D eigenvalue weighted by Gasteiger charge is -2.07. The summed E-state index contributed by atoms with van der Waals surface area (Å²) in [5.41, 5.74) is 3.70. The monoisotopic (exact) mass is 284 g/mol. The van der Waals surface area contributed by atoms with Gasteiger partial charge in [-0.05, 0) is 31.4 Å². The molecule has 5 heteroatoms. The second-order valence-corrected chi connectivity index (χ2v) is 5.14. The molecule has 0 fully saturated rings. The number of aromatic nitrogens is 1. The highest BCUT2D eigenvalue weighted by molar-refractivity contribution is 6.09. The quantitative estimate of drug-likeness (QED) is 0.940. The van der Waals surface area contributed by atoms with Gasteiger partial charge in [-0.2, -0.15) is 0 Å². The van der Waals surface area contributed by atoms with Crippen LogP contribution in [0.3, 0.4) is 0 Å². The van der Waals surface area contributed by atoms with Crippen LogP contribution in [0, 0.1) is 6.92 Å². The molecule has 1 amide bonds. The first-order valence-electron chi connectivity index (χ1n) is 7.03. The Bertz CT molecular complexity index is 731. The zero-order chi connectivity index (χ0) is 15.0. The summed E-state index contributed by atoms with van der Waals surface area (Å²) in [6.07, 6.45) is 1.82. The Morgan fingerprint density at radius 3 is 2.95 bits per heavy atom. The molecule has 0 saturated carbocycles. The molecule has 5 nitrogen and oxygen atoms in total. The number of anilines is 1. The van der Waals surface area contributed by atoms with Crippen LogP contribution in [0.1, 0.15) is 50.9 Å². The van der Waals surface area contributed by atoms with Gasteiger partial charge in [-0.1, -0.05) is 24.2 Å². The largest absolute Gasteiger partial charge is 0.338 e. The predicted octanol–water partition coefficient (Wildman–Crippen LogP) is 2.93. The highest BCUT2D eigenvalue weighted by Gasteiger charge is 2.25. The minimum absolute atomic E-state index is 0.101. The fourth-order valence-corrected chi connectivity index (χ4v) is 2.78. The fourth-order valence-electron chi connectivity index (χ4n) is 2.78. The Morgan fingerprint density at radius 1 is 1.38 bits per heavy atom. The third-order valence-corrected chi connectivity index (χ3v) is 3.89. The summed E-state index contributed by atoms with van der Waals surface area (Å²) < 4.78 is 5.17. The van der Waals surface area contributed by atoms with E-state index in [-0.39, 0.29) is 11.7 Å². The van der Waals surface area contributed by atoms with Crippen molar-refractivity contribution < 1.29 is 14.1 Å². The van der Waals surface area contributed by atoms with E-state index in [1.807, 2.05) is 13.8 Å². The van der Waals surface area contributed by atoms with Crippen molar-refractivity contribution in [2.45, 2.75) is 33.1 Å². The number of aryl methyl sites for hydroxylation is 1. The van der Waals surface area contributed by atoms with Crippen LogP contribution < -0.4 is 5.32 Å². The molecule has 0 bridgehead atoms. The number of benzene rings is 1. The van der Waals surface area contributed by atoms with E-state index in [0.29, 0.717) is 29.9 Å². The van der Waals surface area contributed by atoms with Gasteiger partial charge >= 0.3 is 0 Å². The van der Waals surface area contributed by atoms with Gasteiger partial charge in [0.2, 0.25) is 5.88 Å². The first-order chi connectivity index (χ1) is 10.1. The summed E-state index contributed by atoms with van der Waals surface area (Å²) in [6.45, 7) is 3.82. The van der Waals surface area contributed by atoms with E-state index in [0.717, 1.165) is 23.2 Å². The molecule has 3 rings (SSSR count). The normalized spacial score (nSPS) is 13.3. The lowest BCUT2D eigenvalue weighted by Crippen LogP contribution is -2.15. The highest BCUT2D eigenvalue weighted by Crippen LogP contribution is 2.27. The molecule has 1 aromatic carbocycles. The van der Waals surface area contributed by atoms with Gasteiger partial charge < -0.3 is 4.52 Å². The van der Waals surface area contributed by atoms with E-state index in [2.05, 4.69) is 10.5 Å². The summed E-state index contributed by atoms with van der Waals surface area (Å²) in [5, 5.41) is 6.64. The third kappa shape index (κ3) is 2.24. The summed E-state index contributed by atoms with van der Waals surface area (Å²) >= 11 is 0. The Morgan fingerprint density at radius 2 is 2.19 bits per heavy atom. The van der Waals surface area contributed by atoms with Crippen molar-refractivity contribution in [3.05, 3.63) is 46.1 Å². The van der Waals surface area contributed by atoms with Gasteiger partial charge in [0.25, 0.3) is 5.91 Å². The van der Waals surface area contributed by atoms with Gasteiger partial charge in [-0.25, -0.2) is 0 Å². The van der Waals surface area contributed by atoms with Gasteiger partial charge in [0.1, 0.15) is 0 Å². The molecule has 0 aliphatic heterocycles. The number of amides is 1. The van der Waals surface area contributed by atoms with Crippen molar-refractivity contribution >= 4 is 17.6 Å². The van der Waals surface area contributed by atoms with Gasteiger partial charge in [-0.3, -0.25) is 14.9 Å². The van der Waals surface area contributed by atoms with Crippen LogP contribution in [0.15, 0.2) is 22.7 Å². The Balaban J connectivity index is 1.92. The van der Waals surface area contributed by atoms with Crippen LogP contribution in [0.25, 0.3) is 0 Å². The number of hydrogen-bond donors (Lipinski definition) is 1. The molecule has 0 saturated heterocycles. The van der Waals surface area contributed by atoms with E-state index in [1.165, 1.54) is 0 Å². The topological polar surface area (TPSA) is 72.2 Å². The molecule has 108 valence electrons. The average molecular weight is 284 g/mol. The SMILES string of the molecule is CCc1c(C)noc1NC(=O)c1cccc2c1CCC2=O. The molecule has 1 aliphatic carbocycles. The molecule has 0 atom stereocenters. The molecule has 0 unspecified atom stereocenters. The smallest absolute Gasteiger partial charge is 0.258 e. The number of nitrogens with one attached hydrogen (secondary N) is 1. The van der Waals surface area contributed by atoms with Crippen molar-refractivity contribution in [2.24, 2.45) is 0 Å². The minimum atomic E-state index is -0.257. The lowest BCUT2D eigenvalue weighted by atomic mass is 10.0. The van der Waals surface area contributed by atoms with Crippen molar-refractivity contribution in [1.29, 1.82) is 0 Å². The summed E-state index contributed by atoms with van der Waals surface area (Å²) in [5.74, 6) is 0.235. The van der Waals surface area contributed by atoms with E-state index < -0.39 is 0 Å². The van der Waals surface area contributed by atoms with E-state index >= 15 is 0 Å². The van der Waals surface area contributed by atoms with Crippen molar-refractivity contribution in [1.82, 2.24) is 5.16 Å². The zero-order valence-electron chi connectivity index (χ0n) is 12.0. The first-order valence-corrected chi connectivity index (χ1v) is 7.03. The van der Waals surface area contributed by atoms with Crippen molar-refractivity contribution in [2.75, 3.05) is 5.32 Å². The number of nitrogens with zero attached hydrogens (tertiary/aromatic N) is 1. The molecule has 1 heterocycles. The van der Waals surface area contributed by atoms with E-state index in [9.17, 15) is 9.59 Å². The number of carbonyl (C=O) groups excluding carboxylic acids is 2. The van der Waals surface area contributed by atoms with Gasteiger partial charge in [0.15, 0.2) is 5.78 Å². The van der Waals surface area contributed by atoms with Crippen molar-refractivity contribution in [3.8, 4) is 0 Å². The lowest BCUT2D eigenvalue weighted by molar-refractivity contribution is 0.0993. The minimum Gasteiger partial charge on any atom is -0.338 e. The predicted molar refractivity (Wildman–Crippen MR) is 77.7 cm³/mol. The summed E-state index contributed by atoms with van der Waals surface area (Å²) in [6, 6.07) is 5.25. The molecule has 21 heavy (non-hydrogen) atoms. The van der Waals surface area contributed by atoms with Crippen molar-refractivity contribution in [3.63, 3.8) is 0 Å². The Hall–Kier alpha value is -2.43. The molecule has 0 radical (unpaired) electrons. The Kier molecular flexibility index (Phi) is 3.33. The number of ketones is 1. The van der Waals surface area contributed by atoms with Crippen LogP contribution in [0.5, 0.6) is 0 Å². The van der Waals surface area contributed by atoms with E-state index in [1.54, 1.807) is 18.2 Å². The number of Topliss-reactive ketones (excluding diaryl/α,β-unsaturated/α-hetero) is 1. The van der Waals surface area contributed by atoms with Crippen LogP contribution in [-0.2, 0) is 12.8 Å². The highest BCUT2D eigenvalue weighted by atomic mass is 16.5. The summed E-state index contributed by atoms with van der Waals surface area (Å²) in [4.78, 5) is 24.2. The second kappa shape index (κ2) is 5.16. The number of hydrogen-bond acceptors (Lipinski definition) is 4. The number of rotatable bonds is 3. The van der Waals surface area contributed by atoms with Gasteiger partial charge in [0, 0.05) is 23.1 Å². The maximum Gasteiger partial charge on any atom is 0.258 e. The zero-order valence-corrected chi connectivity index (χ0v) is 12.0. The first kappa shape index (κ1) is 13.5. The molecule has 1 N–H and O–H groups in total.